The molecule has 0 atom stereocenters. The summed E-state index contributed by atoms with van der Waals surface area (Å²) in [6, 6.07) is 15.3. The summed E-state index contributed by atoms with van der Waals surface area (Å²) >= 11 is 0. The summed E-state index contributed by atoms with van der Waals surface area (Å²) in [7, 11) is 1.67. The van der Waals surface area contributed by atoms with Crippen molar-refractivity contribution in [1.29, 1.82) is 0 Å². The monoisotopic (exact) mass is 422 g/mol. The molecule has 1 amide bonds. The van der Waals surface area contributed by atoms with Crippen molar-refractivity contribution >= 4 is 11.6 Å². The molecule has 0 unspecified atom stereocenters. The van der Waals surface area contributed by atoms with E-state index in [4.69, 9.17) is 14.0 Å². The van der Waals surface area contributed by atoms with Crippen LogP contribution in [-0.2, 0) is 6.61 Å². The second-order valence-electron chi connectivity index (χ2n) is 7.48. The molecule has 1 aliphatic heterocycles. The Morgan fingerprint density at radius 3 is 2.39 bits per heavy atom. The lowest BCUT2D eigenvalue weighted by molar-refractivity contribution is 0.0931. The standard InChI is InChI=1S/C23H26N4O4/c1-16-24-22(26-31-16)15-30-21-7-3-17(4-8-21)23(28)25-18-11-13-27(14-12-18)19-5-9-20(29-2)10-6-19/h3-10,18H,11-15H2,1-2H3,(H,25,28). The second-order valence-corrected chi connectivity index (χ2v) is 7.48. The maximum atomic E-state index is 12.6. The summed E-state index contributed by atoms with van der Waals surface area (Å²) in [5, 5.41) is 6.94. The molecule has 1 N–H and O–H groups in total. The Hall–Kier alpha value is -3.55. The lowest BCUT2D eigenvalue weighted by Gasteiger charge is -2.34. The van der Waals surface area contributed by atoms with Crippen molar-refractivity contribution in [3.63, 3.8) is 0 Å². The summed E-state index contributed by atoms with van der Waals surface area (Å²) in [4.78, 5) is 19.0. The van der Waals surface area contributed by atoms with Gasteiger partial charge in [0.2, 0.25) is 11.7 Å². The Morgan fingerprint density at radius 1 is 1.10 bits per heavy atom. The Balaban J connectivity index is 1.24. The minimum absolute atomic E-state index is 0.0664. The van der Waals surface area contributed by atoms with Crippen molar-refractivity contribution in [3.8, 4) is 11.5 Å². The van der Waals surface area contributed by atoms with Gasteiger partial charge in [-0.15, -0.1) is 0 Å². The molecule has 0 spiro atoms. The van der Waals surface area contributed by atoms with Crippen LogP contribution in [0.1, 0.15) is 34.9 Å². The van der Waals surface area contributed by atoms with E-state index >= 15 is 0 Å². The van der Waals surface area contributed by atoms with E-state index in [0.29, 0.717) is 23.0 Å². The number of carbonyl (C=O) groups is 1. The number of amides is 1. The normalized spacial score (nSPS) is 14.3. The number of aromatic nitrogens is 2. The zero-order chi connectivity index (χ0) is 21.6. The molecule has 0 aliphatic carbocycles. The van der Waals surface area contributed by atoms with Gasteiger partial charge in [-0.3, -0.25) is 4.79 Å². The molecule has 1 fully saturated rings. The Morgan fingerprint density at radius 2 is 1.77 bits per heavy atom. The second kappa shape index (κ2) is 9.51. The fraction of sp³-hybridized carbons (Fsp3) is 0.348. The van der Waals surface area contributed by atoms with Crippen molar-refractivity contribution in [3.05, 3.63) is 65.8 Å². The van der Waals surface area contributed by atoms with Crippen LogP contribution in [0.2, 0.25) is 0 Å². The number of nitrogens with zero attached hydrogens (tertiary/aromatic N) is 3. The molecule has 1 aliphatic rings. The number of nitrogens with one attached hydrogen (secondary N) is 1. The minimum Gasteiger partial charge on any atom is -0.497 e. The number of aryl methyl sites for hydroxylation is 1. The quantitative estimate of drug-likeness (QED) is 0.624. The van der Waals surface area contributed by atoms with Crippen molar-refractivity contribution in [2.24, 2.45) is 0 Å². The van der Waals surface area contributed by atoms with E-state index in [-0.39, 0.29) is 18.6 Å². The van der Waals surface area contributed by atoms with Gasteiger partial charge < -0.3 is 24.2 Å². The van der Waals surface area contributed by atoms with Crippen LogP contribution < -0.4 is 19.7 Å². The van der Waals surface area contributed by atoms with Crippen LogP contribution in [0.4, 0.5) is 5.69 Å². The van der Waals surface area contributed by atoms with Crippen LogP contribution in [0.3, 0.4) is 0 Å². The van der Waals surface area contributed by atoms with E-state index in [1.807, 2.05) is 12.1 Å². The molecule has 2 heterocycles. The van der Waals surface area contributed by atoms with Gasteiger partial charge in [0.05, 0.1) is 7.11 Å². The van der Waals surface area contributed by atoms with E-state index in [1.165, 1.54) is 5.69 Å². The summed E-state index contributed by atoms with van der Waals surface area (Å²) in [5.74, 6) is 2.42. The highest BCUT2D eigenvalue weighted by atomic mass is 16.5. The molecule has 1 aromatic heterocycles. The molecule has 8 heteroatoms. The summed E-state index contributed by atoms with van der Waals surface area (Å²) < 4.78 is 15.8. The number of benzene rings is 2. The fourth-order valence-electron chi connectivity index (χ4n) is 3.59. The first kappa shape index (κ1) is 20.7. The molecule has 0 bridgehead atoms. The van der Waals surface area contributed by atoms with Crippen molar-refractivity contribution in [2.45, 2.75) is 32.4 Å². The average molecular weight is 422 g/mol. The third-order valence-corrected chi connectivity index (χ3v) is 5.32. The zero-order valence-electron chi connectivity index (χ0n) is 17.7. The smallest absolute Gasteiger partial charge is 0.251 e. The molecule has 162 valence electrons. The predicted molar refractivity (Wildman–Crippen MR) is 116 cm³/mol. The molecule has 31 heavy (non-hydrogen) atoms. The Bertz CT molecular complexity index is 993. The van der Waals surface area contributed by atoms with Crippen LogP contribution in [0.25, 0.3) is 0 Å². The SMILES string of the molecule is COc1ccc(N2CCC(NC(=O)c3ccc(OCc4noc(C)n4)cc3)CC2)cc1. The van der Waals surface area contributed by atoms with Gasteiger partial charge in [0.25, 0.3) is 5.91 Å². The maximum absolute atomic E-state index is 12.6. The number of anilines is 1. The molecular weight excluding hydrogens is 396 g/mol. The van der Waals surface area contributed by atoms with Gasteiger partial charge in [-0.1, -0.05) is 5.16 Å². The molecule has 3 aromatic rings. The lowest BCUT2D eigenvalue weighted by atomic mass is 10.0. The van der Waals surface area contributed by atoms with E-state index in [0.717, 1.165) is 31.7 Å². The zero-order valence-corrected chi connectivity index (χ0v) is 17.7. The average Bonchev–Trinajstić information content (AvgIpc) is 3.23. The molecule has 0 radical (unpaired) electrons. The van der Waals surface area contributed by atoms with Crippen LogP contribution in [0.15, 0.2) is 53.1 Å². The first-order valence-corrected chi connectivity index (χ1v) is 10.3. The molecule has 2 aromatic carbocycles. The molecular formula is C23H26N4O4. The van der Waals surface area contributed by atoms with Crippen molar-refractivity contribution in [2.75, 3.05) is 25.1 Å². The molecule has 0 saturated carbocycles. The molecule has 4 rings (SSSR count). The van der Waals surface area contributed by atoms with Crippen LogP contribution in [-0.4, -0.2) is 42.3 Å². The van der Waals surface area contributed by atoms with E-state index in [9.17, 15) is 4.79 Å². The van der Waals surface area contributed by atoms with Gasteiger partial charge in [-0.05, 0) is 61.4 Å². The number of ether oxygens (including phenoxy) is 2. The minimum atomic E-state index is -0.0664. The number of piperidine rings is 1. The molecule has 1 saturated heterocycles. The van der Waals surface area contributed by atoms with Crippen LogP contribution in [0.5, 0.6) is 11.5 Å². The van der Waals surface area contributed by atoms with Gasteiger partial charge in [-0.2, -0.15) is 4.98 Å². The van der Waals surface area contributed by atoms with Gasteiger partial charge in [0.1, 0.15) is 11.5 Å². The van der Waals surface area contributed by atoms with Crippen molar-refractivity contribution < 1.29 is 18.8 Å². The van der Waals surface area contributed by atoms with Crippen LogP contribution in [0, 0.1) is 6.92 Å². The Labute approximate surface area is 181 Å². The lowest BCUT2D eigenvalue weighted by Crippen LogP contribution is -2.44. The summed E-state index contributed by atoms with van der Waals surface area (Å²) in [5.41, 5.74) is 1.79. The van der Waals surface area contributed by atoms with Gasteiger partial charge in [-0.25, -0.2) is 0 Å². The third kappa shape index (κ3) is 5.33. The number of methoxy groups -OCH3 is 1. The summed E-state index contributed by atoms with van der Waals surface area (Å²) in [6.07, 6.45) is 1.81. The number of hydrogen-bond acceptors (Lipinski definition) is 7. The fourth-order valence-corrected chi connectivity index (χ4v) is 3.59. The van der Waals surface area contributed by atoms with E-state index in [2.05, 4.69) is 32.5 Å². The van der Waals surface area contributed by atoms with Crippen LogP contribution >= 0.6 is 0 Å². The number of hydrogen-bond donors (Lipinski definition) is 1. The molecule has 8 nitrogen and oxygen atoms in total. The first-order valence-electron chi connectivity index (χ1n) is 10.3. The first-order chi connectivity index (χ1) is 15.1. The topological polar surface area (TPSA) is 89.7 Å². The van der Waals surface area contributed by atoms with E-state index in [1.54, 1.807) is 38.3 Å². The predicted octanol–water partition coefficient (Wildman–Crippen LogP) is 3.36. The van der Waals surface area contributed by atoms with Gasteiger partial charge >= 0.3 is 0 Å². The maximum Gasteiger partial charge on any atom is 0.251 e. The Kier molecular flexibility index (Phi) is 6.35. The highest BCUT2D eigenvalue weighted by molar-refractivity contribution is 5.94. The highest BCUT2D eigenvalue weighted by Gasteiger charge is 2.21. The highest BCUT2D eigenvalue weighted by Crippen LogP contribution is 2.23. The van der Waals surface area contributed by atoms with Gasteiger partial charge in [0, 0.05) is 37.3 Å². The third-order valence-electron chi connectivity index (χ3n) is 5.32. The summed E-state index contributed by atoms with van der Waals surface area (Å²) in [6.45, 7) is 3.75. The number of carbonyl (C=O) groups excluding carboxylic acids is 1. The van der Waals surface area contributed by atoms with Gasteiger partial charge in [0.15, 0.2) is 6.61 Å². The van der Waals surface area contributed by atoms with Crippen molar-refractivity contribution in [1.82, 2.24) is 15.5 Å². The van der Waals surface area contributed by atoms with E-state index < -0.39 is 0 Å². The largest absolute Gasteiger partial charge is 0.497 e. The number of rotatable bonds is 7.